The van der Waals surface area contributed by atoms with Gasteiger partial charge in [-0.15, -0.1) is 0 Å². The normalized spacial score (nSPS) is 10.4. The molecule has 1 aromatic rings. The lowest BCUT2D eigenvalue weighted by atomic mass is 10.3. The van der Waals surface area contributed by atoms with Gasteiger partial charge in [0.15, 0.2) is 0 Å². The summed E-state index contributed by atoms with van der Waals surface area (Å²) in [5.74, 6) is 0.993. The van der Waals surface area contributed by atoms with Gasteiger partial charge in [-0.1, -0.05) is 6.07 Å². The fraction of sp³-hybridized carbons (Fsp3) is 0.583. The molecule has 0 spiro atoms. The third kappa shape index (κ3) is 4.16. The zero-order valence-electron chi connectivity index (χ0n) is 10.4. The van der Waals surface area contributed by atoms with Gasteiger partial charge >= 0.3 is 0 Å². The Kier molecular flexibility index (Phi) is 5.82. The van der Waals surface area contributed by atoms with E-state index in [-0.39, 0.29) is 0 Å². The second kappa shape index (κ2) is 7.19. The van der Waals surface area contributed by atoms with Crippen LogP contribution in [0.1, 0.15) is 12.6 Å². The average Bonchev–Trinajstić information content (AvgIpc) is 2.30. The first-order chi connectivity index (χ1) is 7.77. The monoisotopic (exact) mass is 223 g/mol. The highest BCUT2D eigenvalue weighted by Gasteiger charge is 2.02. The first-order valence-electron chi connectivity index (χ1n) is 5.67. The van der Waals surface area contributed by atoms with Crippen LogP contribution in [0.15, 0.2) is 18.2 Å². The summed E-state index contributed by atoms with van der Waals surface area (Å²) in [4.78, 5) is 6.65. The van der Waals surface area contributed by atoms with Crippen LogP contribution >= 0.6 is 0 Å². The van der Waals surface area contributed by atoms with E-state index in [4.69, 9.17) is 4.74 Å². The summed E-state index contributed by atoms with van der Waals surface area (Å²) in [6, 6.07) is 6.08. The van der Waals surface area contributed by atoms with E-state index in [1.54, 1.807) is 0 Å². The topological polar surface area (TPSA) is 37.4 Å². The van der Waals surface area contributed by atoms with Crippen LogP contribution in [0, 0.1) is 0 Å². The van der Waals surface area contributed by atoms with Crippen molar-refractivity contribution in [3.05, 3.63) is 23.9 Å². The van der Waals surface area contributed by atoms with Crippen LogP contribution in [0.3, 0.4) is 0 Å². The number of rotatable bonds is 7. The van der Waals surface area contributed by atoms with Crippen LogP contribution in [0.2, 0.25) is 0 Å². The van der Waals surface area contributed by atoms with E-state index in [1.165, 1.54) is 0 Å². The quantitative estimate of drug-likeness (QED) is 0.706. The van der Waals surface area contributed by atoms with Gasteiger partial charge in [0.05, 0.1) is 12.3 Å². The van der Waals surface area contributed by atoms with Gasteiger partial charge in [-0.25, -0.2) is 4.98 Å². The Balaban J connectivity index is 2.53. The molecule has 90 valence electrons. The van der Waals surface area contributed by atoms with Crippen molar-refractivity contribution in [1.29, 1.82) is 0 Å². The smallest absolute Gasteiger partial charge is 0.128 e. The molecule has 0 amide bonds. The summed E-state index contributed by atoms with van der Waals surface area (Å²) in [5.41, 5.74) is 1.06. The SMILES string of the molecule is CCOCCN(C)c1cccc(CNC)n1. The molecule has 16 heavy (non-hydrogen) atoms. The number of hydrogen-bond acceptors (Lipinski definition) is 4. The zero-order chi connectivity index (χ0) is 11.8. The summed E-state index contributed by atoms with van der Waals surface area (Å²) in [6.07, 6.45) is 0. The molecule has 0 atom stereocenters. The summed E-state index contributed by atoms with van der Waals surface area (Å²) in [6.45, 7) is 5.18. The van der Waals surface area contributed by atoms with Crippen molar-refractivity contribution >= 4 is 5.82 Å². The molecule has 0 aromatic carbocycles. The Bertz CT molecular complexity index is 304. The Morgan fingerprint density at radius 1 is 1.44 bits per heavy atom. The van der Waals surface area contributed by atoms with E-state index in [9.17, 15) is 0 Å². The van der Waals surface area contributed by atoms with Crippen molar-refractivity contribution in [2.75, 3.05) is 38.8 Å². The van der Waals surface area contributed by atoms with Crippen molar-refractivity contribution in [2.45, 2.75) is 13.5 Å². The Morgan fingerprint density at radius 2 is 2.25 bits per heavy atom. The molecule has 0 bridgehead atoms. The number of nitrogens with zero attached hydrogens (tertiary/aromatic N) is 2. The van der Waals surface area contributed by atoms with Crippen molar-refractivity contribution in [3.63, 3.8) is 0 Å². The zero-order valence-corrected chi connectivity index (χ0v) is 10.4. The van der Waals surface area contributed by atoms with Crippen LogP contribution < -0.4 is 10.2 Å². The number of pyridine rings is 1. The Morgan fingerprint density at radius 3 is 2.94 bits per heavy atom. The maximum atomic E-state index is 5.32. The van der Waals surface area contributed by atoms with Gasteiger partial charge in [-0.2, -0.15) is 0 Å². The van der Waals surface area contributed by atoms with Crippen molar-refractivity contribution < 1.29 is 4.74 Å². The fourth-order valence-corrected chi connectivity index (χ4v) is 1.42. The molecule has 1 rings (SSSR count). The molecule has 0 aliphatic heterocycles. The van der Waals surface area contributed by atoms with Crippen LogP contribution in [0.4, 0.5) is 5.82 Å². The van der Waals surface area contributed by atoms with Crippen molar-refractivity contribution in [3.8, 4) is 0 Å². The molecule has 1 N–H and O–H groups in total. The van der Waals surface area contributed by atoms with Crippen molar-refractivity contribution in [1.82, 2.24) is 10.3 Å². The van der Waals surface area contributed by atoms with E-state index < -0.39 is 0 Å². The fourth-order valence-electron chi connectivity index (χ4n) is 1.42. The first-order valence-corrected chi connectivity index (χ1v) is 5.67. The van der Waals surface area contributed by atoms with E-state index in [0.717, 1.165) is 37.8 Å². The molecule has 1 aromatic heterocycles. The molecule has 0 saturated carbocycles. The van der Waals surface area contributed by atoms with Gasteiger partial charge in [0.25, 0.3) is 0 Å². The predicted molar refractivity (Wildman–Crippen MR) is 66.8 cm³/mol. The van der Waals surface area contributed by atoms with Crippen molar-refractivity contribution in [2.24, 2.45) is 0 Å². The third-order valence-corrected chi connectivity index (χ3v) is 2.32. The van der Waals surface area contributed by atoms with E-state index >= 15 is 0 Å². The molecule has 4 nitrogen and oxygen atoms in total. The second-order valence-corrected chi connectivity index (χ2v) is 3.64. The molecular weight excluding hydrogens is 202 g/mol. The molecule has 1 heterocycles. The minimum atomic E-state index is 0.741. The van der Waals surface area contributed by atoms with Gasteiger partial charge in [-0.05, 0) is 26.1 Å². The Hall–Kier alpha value is -1.13. The number of ether oxygens (including phenoxy) is 1. The molecule has 0 fully saturated rings. The highest BCUT2D eigenvalue weighted by Crippen LogP contribution is 2.09. The second-order valence-electron chi connectivity index (χ2n) is 3.64. The number of aromatic nitrogens is 1. The maximum Gasteiger partial charge on any atom is 0.128 e. The van der Waals surface area contributed by atoms with Crippen LogP contribution in [-0.2, 0) is 11.3 Å². The minimum absolute atomic E-state index is 0.741. The number of nitrogens with one attached hydrogen (secondary N) is 1. The van der Waals surface area contributed by atoms with Crippen LogP contribution in [0.5, 0.6) is 0 Å². The average molecular weight is 223 g/mol. The van der Waals surface area contributed by atoms with Gasteiger partial charge in [0.2, 0.25) is 0 Å². The summed E-state index contributed by atoms with van der Waals surface area (Å²) in [7, 11) is 3.96. The predicted octanol–water partition coefficient (Wildman–Crippen LogP) is 1.27. The van der Waals surface area contributed by atoms with Gasteiger partial charge in [-0.3, -0.25) is 0 Å². The number of anilines is 1. The summed E-state index contributed by atoms with van der Waals surface area (Å²) >= 11 is 0. The molecule has 0 aliphatic carbocycles. The minimum Gasteiger partial charge on any atom is -0.380 e. The number of likely N-dealkylation sites (N-methyl/N-ethyl adjacent to an activating group) is 1. The van der Waals surface area contributed by atoms with E-state index in [2.05, 4.69) is 15.2 Å². The summed E-state index contributed by atoms with van der Waals surface area (Å²) < 4.78 is 5.32. The first kappa shape index (κ1) is 12.9. The standard InChI is InChI=1S/C12H21N3O/c1-4-16-9-8-15(3)12-7-5-6-11(14-12)10-13-2/h5-7,13H,4,8-10H2,1-3H3. The largest absolute Gasteiger partial charge is 0.380 e. The lowest BCUT2D eigenvalue weighted by molar-refractivity contribution is 0.154. The van der Waals surface area contributed by atoms with Crippen LogP contribution in [0.25, 0.3) is 0 Å². The summed E-state index contributed by atoms with van der Waals surface area (Å²) in [5, 5.41) is 3.10. The molecule has 4 heteroatoms. The number of hydrogen-bond donors (Lipinski definition) is 1. The van der Waals surface area contributed by atoms with E-state index in [1.807, 2.05) is 39.2 Å². The van der Waals surface area contributed by atoms with Gasteiger partial charge in [0, 0.05) is 26.7 Å². The highest BCUT2D eigenvalue weighted by atomic mass is 16.5. The molecule has 0 unspecified atom stereocenters. The van der Waals surface area contributed by atoms with E-state index in [0.29, 0.717) is 0 Å². The van der Waals surface area contributed by atoms with Crippen LogP contribution in [-0.4, -0.2) is 38.8 Å². The lowest BCUT2D eigenvalue weighted by Crippen LogP contribution is -2.24. The molecule has 0 radical (unpaired) electrons. The molecule has 0 aliphatic rings. The molecular formula is C12H21N3O. The molecule has 0 saturated heterocycles. The van der Waals surface area contributed by atoms with Gasteiger partial charge < -0.3 is 15.0 Å². The Labute approximate surface area is 97.6 Å². The third-order valence-electron chi connectivity index (χ3n) is 2.32. The highest BCUT2D eigenvalue weighted by molar-refractivity contribution is 5.38. The lowest BCUT2D eigenvalue weighted by Gasteiger charge is -2.18. The van der Waals surface area contributed by atoms with Gasteiger partial charge in [0.1, 0.15) is 5.82 Å². The maximum absolute atomic E-state index is 5.32.